The van der Waals surface area contributed by atoms with Crippen molar-refractivity contribution < 1.29 is 13.2 Å². The fourth-order valence-corrected chi connectivity index (χ4v) is 3.40. The maximum atomic E-state index is 13.0. The van der Waals surface area contributed by atoms with Crippen LogP contribution in [-0.2, 0) is 12.7 Å². The molecule has 2 unspecified atom stereocenters. The number of halogens is 3. The van der Waals surface area contributed by atoms with Gasteiger partial charge in [0.15, 0.2) is 0 Å². The Hall–Kier alpha value is -1.03. The largest absolute Gasteiger partial charge is 0.416 e. The summed E-state index contributed by atoms with van der Waals surface area (Å²) in [7, 11) is 0. The lowest BCUT2D eigenvalue weighted by molar-refractivity contribution is -0.138. The van der Waals surface area contributed by atoms with Crippen LogP contribution in [0.25, 0.3) is 0 Å². The van der Waals surface area contributed by atoms with Gasteiger partial charge in [-0.15, -0.1) is 0 Å². The number of hydrogen-bond donors (Lipinski definition) is 1. The van der Waals surface area contributed by atoms with E-state index in [1.165, 1.54) is 25.3 Å². The quantitative estimate of drug-likeness (QED) is 0.824. The lowest BCUT2D eigenvalue weighted by atomic mass is 9.78. The second kappa shape index (κ2) is 6.82. The first-order valence-electron chi connectivity index (χ1n) is 7.78. The molecule has 4 heteroatoms. The molecule has 0 spiro atoms. The van der Waals surface area contributed by atoms with Crippen LogP contribution in [0.2, 0.25) is 0 Å². The van der Waals surface area contributed by atoms with Gasteiger partial charge in [0.25, 0.3) is 0 Å². The van der Waals surface area contributed by atoms with Gasteiger partial charge in [-0.05, 0) is 36.3 Å². The molecular weight excluding hydrogens is 275 g/mol. The lowest BCUT2D eigenvalue weighted by Crippen LogP contribution is -2.40. The van der Waals surface area contributed by atoms with Gasteiger partial charge >= 0.3 is 6.18 Å². The van der Waals surface area contributed by atoms with Crippen molar-refractivity contribution in [2.24, 2.45) is 11.8 Å². The van der Waals surface area contributed by atoms with Gasteiger partial charge in [0.2, 0.25) is 0 Å². The van der Waals surface area contributed by atoms with Crippen LogP contribution in [0.1, 0.15) is 50.7 Å². The Morgan fingerprint density at radius 1 is 1.14 bits per heavy atom. The molecule has 1 nitrogen and oxygen atoms in total. The Bertz CT molecular complexity index is 454. The highest BCUT2D eigenvalue weighted by atomic mass is 19.4. The van der Waals surface area contributed by atoms with Gasteiger partial charge in [-0.3, -0.25) is 0 Å². The molecule has 1 fully saturated rings. The van der Waals surface area contributed by atoms with Crippen LogP contribution >= 0.6 is 0 Å². The molecule has 118 valence electrons. The fourth-order valence-electron chi connectivity index (χ4n) is 3.40. The van der Waals surface area contributed by atoms with Gasteiger partial charge in [0, 0.05) is 12.6 Å². The van der Waals surface area contributed by atoms with Gasteiger partial charge in [-0.1, -0.05) is 44.9 Å². The predicted octanol–water partition coefficient (Wildman–Crippen LogP) is 5.01. The molecule has 0 aromatic heterocycles. The Labute approximate surface area is 124 Å². The zero-order valence-electron chi connectivity index (χ0n) is 12.7. The van der Waals surface area contributed by atoms with Crippen molar-refractivity contribution >= 4 is 0 Å². The van der Waals surface area contributed by atoms with Gasteiger partial charge in [-0.2, -0.15) is 13.2 Å². The number of nitrogens with one attached hydrogen (secondary N) is 1. The summed E-state index contributed by atoms with van der Waals surface area (Å²) in [6.45, 7) is 4.70. The third-order valence-electron chi connectivity index (χ3n) is 4.55. The normalized spacial score (nSPS) is 23.5. The molecule has 0 aliphatic heterocycles. The van der Waals surface area contributed by atoms with Crippen molar-refractivity contribution in [2.75, 3.05) is 0 Å². The number of rotatable bonds is 4. The zero-order chi connectivity index (χ0) is 15.5. The fraction of sp³-hybridized carbons (Fsp3) is 0.647. The van der Waals surface area contributed by atoms with E-state index in [2.05, 4.69) is 19.2 Å². The zero-order valence-corrected chi connectivity index (χ0v) is 12.7. The Balaban J connectivity index is 2.06. The molecule has 2 atom stereocenters. The second-order valence-corrected chi connectivity index (χ2v) is 6.33. The first kappa shape index (κ1) is 16.3. The van der Waals surface area contributed by atoms with Gasteiger partial charge in [-0.25, -0.2) is 0 Å². The first-order valence-corrected chi connectivity index (χ1v) is 7.78. The van der Waals surface area contributed by atoms with Crippen LogP contribution in [0.15, 0.2) is 24.3 Å². The summed E-state index contributed by atoms with van der Waals surface area (Å²) in [4.78, 5) is 0. The summed E-state index contributed by atoms with van der Waals surface area (Å²) in [5.41, 5.74) is -0.174. The van der Waals surface area contributed by atoms with Crippen molar-refractivity contribution in [3.63, 3.8) is 0 Å². The molecule has 0 bridgehead atoms. The number of alkyl halides is 3. The van der Waals surface area contributed by atoms with E-state index in [1.54, 1.807) is 12.1 Å². The molecule has 1 aliphatic rings. The molecule has 1 aliphatic carbocycles. The molecule has 0 heterocycles. The minimum Gasteiger partial charge on any atom is -0.310 e. The molecule has 1 N–H and O–H groups in total. The van der Waals surface area contributed by atoms with Crippen LogP contribution in [0.4, 0.5) is 13.2 Å². The van der Waals surface area contributed by atoms with Gasteiger partial charge in [0.1, 0.15) is 0 Å². The van der Waals surface area contributed by atoms with E-state index >= 15 is 0 Å². The van der Waals surface area contributed by atoms with E-state index in [1.807, 2.05) is 0 Å². The van der Waals surface area contributed by atoms with Gasteiger partial charge in [0.05, 0.1) is 5.56 Å². The summed E-state index contributed by atoms with van der Waals surface area (Å²) in [6.07, 6.45) is 0.373. The summed E-state index contributed by atoms with van der Waals surface area (Å²) < 4.78 is 39.0. The summed E-state index contributed by atoms with van der Waals surface area (Å²) in [5, 5.41) is 3.38. The Morgan fingerprint density at radius 2 is 1.81 bits per heavy atom. The predicted molar refractivity (Wildman–Crippen MR) is 78.9 cm³/mol. The Morgan fingerprint density at radius 3 is 2.48 bits per heavy atom. The highest BCUT2D eigenvalue weighted by Gasteiger charge is 2.33. The molecule has 1 saturated carbocycles. The third-order valence-corrected chi connectivity index (χ3v) is 4.55. The van der Waals surface area contributed by atoms with Crippen LogP contribution in [-0.4, -0.2) is 6.04 Å². The maximum Gasteiger partial charge on any atom is 0.416 e. The Kier molecular flexibility index (Phi) is 5.31. The molecule has 0 radical (unpaired) electrons. The molecule has 2 rings (SSSR count). The van der Waals surface area contributed by atoms with Crippen molar-refractivity contribution in [2.45, 2.75) is 58.3 Å². The maximum absolute atomic E-state index is 13.0. The van der Waals surface area contributed by atoms with E-state index in [0.29, 0.717) is 30.0 Å². The number of benzene rings is 1. The van der Waals surface area contributed by atoms with Gasteiger partial charge < -0.3 is 5.32 Å². The van der Waals surface area contributed by atoms with Crippen LogP contribution in [0.5, 0.6) is 0 Å². The molecule has 0 saturated heterocycles. The smallest absolute Gasteiger partial charge is 0.310 e. The average Bonchev–Trinajstić information content (AvgIpc) is 2.44. The van der Waals surface area contributed by atoms with Crippen molar-refractivity contribution in [3.8, 4) is 0 Å². The van der Waals surface area contributed by atoms with Crippen LogP contribution < -0.4 is 5.32 Å². The topological polar surface area (TPSA) is 12.0 Å². The minimum absolute atomic E-state index is 0.295. The lowest BCUT2D eigenvalue weighted by Gasteiger charge is -2.35. The van der Waals surface area contributed by atoms with Crippen molar-refractivity contribution in [3.05, 3.63) is 35.4 Å². The first-order chi connectivity index (χ1) is 9.89. The van der Waals surface area contributed by atoms with Crippen molar-refractivity contribution in [1.82, 2.24) is 5.32 Å². The molecule has 1 aromatic carbocycles. The standard InChI is InChI=1S/C17H24F3N/c1-12(2)14-8-4-6-10-16(14)21-11-13-7-3-5-9-15(13)17(18,19)20/h3,5,7,9,12,14,16,21H,4,6,8,10-11H2,1-2H3. The van der Waals surface area contributed by atoms with E-state index in [4.69, 9.17) is 0 Å². The third kappa shape index (κ3) is 4.22. The minimum atomic E-state index is -4.28. The van der Waals surface area contributed by atoms with E-state index in [-0.39, 0.29) is 0 Å². The monoisotopic (exact) mass is 299 g/mol. The van der Waals surface area contributed by atoms with Crippen LogP contribution in [0, 0.1) is 11.8 Å². The van der Waals surface area contributed by atoms with E-state index in [9.17, 15) is 13.2 Å². The summed E-state index contributed by atoms with van der Waals surface area (Å²) in [5.74, 6) is 1.14. The number of hydrogen-bond acceptors (Lipinski definition) is 1. The molecule has 1 aromatic rings. The summed E-state index contributed by atoms with van der Waals surface area (Å²) >= 11 is 0. The SMILES string of the molecule is CC(C)C1CCCCC1NCc1ccccc1C(F)(F)F. The molecular formula is C17H24F3N. The van der Waals surface area contributed by atoms with Crippen LogP contribution in [0.3, 0.4) is 0 Å². The molecule has 21 heavy (non-hydrogen) atoms. The molecule has 0 amide bonds. The highest BCUT2D eigenvalue weighted by molar-refractivity contribution is 5.29. The second-order valence-electron chi connectivity index (χ2n) is 6.33. The van der Waals surface area contributed by atoms with E-state index in [0.717, 1.165) is 12.5 Å². The average molecular weight is 299 g/mol. The van der Waals surface area contributed by atoms with E-state index < -0.39 is 11.7 Å². The van der Waals surface area contributed by atoms with Crippen molar-refractivity contribution in [1.29, 1.82) is 0 Å². The summed E-state index contributed by atoms with van der Waals surface area (Å²) in [6, 6.07) is 6.19. The highest BCUT2D eigenvalue weighted by Crippen LogP contribution is 2.33.